The van der Waals surface area contributed by atoms with Gasteiger partial charge < -0.3 is 10.2 Å². The number of nitrogens with one attached hydrogen (secondary N) is 1. The van der Waals surface area contributed by atoms with E-state index < -0.39 is 0 Å². The van der Waals surface area contributed by atoms with E-state index in [1.165, 1.54) is 0 Å². The third-order valence-electron chi connectivity index (χ3n) is 1.83. The lowest BCUT2D eigenvalue weighted by molar-refractivity contribution is -0.116. The average molecular weight is 282 g/mol. The molecule has 4 nitrogen and oxygen atoms in total. The third-order valence-corrected chi connectivity index (χ3v) is 2.49. The Hall–Kier alpha value is -1.38. The number of hydrogen-bond acceptors (Lipinski definition) is 3. The highest BCUT2D eigenvalue weighted by Gasteiger charge is 2.06. The van der Waals surface area contributed by atoms with Crippen LogP contribution in [0.5, 0.6) is 0 Å². The minimum absolute atomic E-state index is 0.0876. The van der Waals surface area contributed by atoms with Crippen molar-refractivity contribution in [1.29, 1.82) is 5.26 Å². The summed E-state index contributed by atoms with van der Waals surface area (Å²) < 4.78 is 0.707. The van der Waals surface area contributed by atoms with Gasteiger partial charge in [0.1, 0.15) is 0 Å². The van der Waals surface area contributed by atoms with Crippen LogP contribution in [0, 0.1) is 11.3 Å². The molecule has 0 heterocycles. The second-order valence-corrected chi connectivity index (χ2v) is 4.45. The fraction of sp³-hybridized carbons (Fsp3) is 0.273. The van der Waals surface area contributed by atoms with Crippen LogP contribution in [0.1, 0.15) is 5.56 Å². The predicted octanol–water partition coefficient (Wildman–Crippen LogP) is 1.82. The summed E-state index contributed by atoms with van der Waals surface area (Å²) >= 11 is 3.30. The zero-order valence-corrected chi connectivity index (χ0v) is 10.7. The molecule has 0 atom stereocenters. The Balaban J connectivity index is 2.75. The molecule has 1 amide bonds. The second kappa shape index (κ2) is 5.64. The number of carbonyl (C=O) groups is 1. The van der Waals surface area contributed by atoms with Crippen molar-refractivity contribution >= 4 is 27.5 Å². The number of carbonyl (C=O) groups excluding carboxylic acids is 1. The molecule has 0 radical (unpaired) electrons. The summed E-state index contributed by atoms with van der Waals surface area (Å²) in [5.41, 5.74) is 1.23. The van der Waals surface area contributed by atoms with E-state index in [1.807, 2.05) is 20.2 Å². The van der Waals surface area contributed by atoms with E-state index in [0.717, 1.165) is 0 Å². The van der Waals surface area contributed by atoms with Gasteiger partial charge in [-0.15, -0.1) is 0 Å². The van der Waals surface area contributed by atoms with Crippen molar-refractivity contribution in [3.63, 3.8) is 0 Å². The maximum Gasteiger partial charge on any atom is 0.238 e. The van der Waals surface area contributed by atoms with Crippen molar-refractivity contribution in [3.05, 3.63) is 28.2 Å². The summed E-state index contributed by atoms with van der Waals surface area (Å²) in [6.45, 7) is 0.326. The van der Waals surface area contributed by atoms with Crippen molar-refractivity contribution in [3.8, 4) is 6.07 Å². The lowest BCUT2D eigenvalue weighted by atomic mass is 10.2. The van der Waals surface area contributed by atoms with Crippen molar-refractivity contribution < 1.29 is 4.79 Å². The van der Waals surface area contributed by atoms with E-state index in [4.69, 9.17) is 5.26 Å². The molecular formula is C11H12BrN3O. The van der Waals surface area contributed by atoms with Crippen LogP contribution in [0.25, 0.3) is 0 Å². The highest BCUT2D eigenvalue weighted by molar-refractivity contribution is 9.10. The fourth-order valence-electron chi connectivity index (χ4n) is 1.16. The molecule has 0 spiro atoms. The number of anilines is 1. The van der Waals surface area contributed by atoms with E-state index in [2.05, 4.69) is 21.2 Å². The molecule has 84 valence electrons. The Morgan fingerprint density at radius 2 is 2.25 bits per heavy atom. The summed E-state index contributed by atoms with van der Waals surface area (Å²) in [6, 6.07) is 7.07. The van der Waals surface area contributed by atoms with Gasteiger partial charge in [-0.3, -0.25) is 4.79 Å². The zero-order chi connectivity index (χ0) is 12.1. The Labute approximate surface area is 103 Å². The molecule has 0 aliphatic heterocycles. The first kappa shape index (κ1) is 12.7. The van der Waals surface area contributed by atoms with E-state index in [-0.39, 0.29) is 5.91 Å². The minimum Gasteiger partial charge on any atom is -0.324 e. The Kier molecular flexibility index (Phi) is 4.47. The third kappa shape index (κ3) is 3.65. The number of hydrogen-bond donors (Lipinski definition) is 1. The summed E-state index contributed by atoms with van der Waals surface area (Å²) in [5.74, 6) is -0.0876. The Bertz CT molecular complexity index is 437. The van der Waals surface area contributed by atoms with E-state index >= 15 is 0 Å². The number of nitriles is 1. The summed E-state index contributed by atoms with van der Waals surface area (Å²) in [6.07, 6.45) is 0. The molecule has 0 unspecified atom stereocenters. The van der Waals surface area contributed by atoms with E-state index in [9.17, 15) is 4.79 Å². The number of halogens is 1. The van der Waals surface area contributed by atoms with Crippen molar-refractivity contribution in [2.24, 2.45) is 0 Å². The van der Waals surface area contributed by atoms with Crippen LogP contribution in [-0.2, 0) is 4.79 Å². The van der Waals surface area contributed by atoms with Crippen molar-refractivity contribution in [2.45, 2.75) is 0 Å². The van der Waals surface area contributed by atoms with Crippen LogP contribution >= 0.6 is 15.9 Å². The van der Waals surface area contributed by atoms with Crippen molar-refractivity contribution in [1.82, 2.24) is 4.90 Å². The second-order valence-electron chi connectivity index (χ2n) is 3.59. The van der Waals surface area contributed by atoms with Gasteiger partial charge in [0.2, 0.25) is 5.91 Å². The maximum atomic E-state index is 11.5. The van der Waals surface area contributed by atoms with Crippen LogP contribution in [0.15, 0.2) is 22.7 Å². The molecule has 1 N–H and O–H groups in total. The van der Waals surface area contributed by atoms with Gasteiger partial charge >= 0.3 is 0 Å². The molecule has 1 rings (SSSR count). The van der Waals surface area contributed by atoms with Gasteiger partial charge in [0.15, 0.2) is 0 Å². The first-order valence-corrected chi connectivity index (χ1v) is 5.46. The SMILES string of the molecule is CN(C)CC(=O)Nc1ccc(C#N)cc1Br. The quantitative estimate of drug-likeness (QED) is 0.920. The molecule has 0 fully saturated rings. The lowest BCUT2D eigenvalue weighted by Gasteiger charge is -2.11. The first-order chi connectivity index (χ1) is 7.52. The lowest BCUT2D eigenvalue weighted by Crippen LogP contribution is -2.27. The largest absolute Gasteiger partial charge is 0.324 e. The molecule has 0 bridgehead atoms. The zero-order valence-electron chi connectivity index (χ0n) is 9.12. The molecule has 0 aliphatic carbocycles. The van der Waals surface area contributed by atoms with Crippen LogP contribution in [0.3, 0.4) is 0 Å². The molecule has 0 aromatic heterocycles. The molecule has 0 saturated heterocycles. The Morgan fingerprint density at radius 1 is 1.56 bits per heavy atom. The van der Waals surface area contributed by atoms with Gasteiger partial charge in [-0.1, -0.05) is 0 Å². The van der Waals surface area contributed by atoms with Crippen LogP contribution < -0.4 is 5.32 Å². The molecule has 1 aromatic rings. The highest BCUT2D eigenvalue weighted by atomic mass is 79.9. The number of benzene rings is 1. The molecule has 0 aliphatic rings. The predicted molar refractivity (Wildman–Crippen MR) is 66.0 cm³/mol. The van der Waals surface area contributed by atoms with Crippen LogP contribution in [0.2, 0.25) is 0 Å². The topological polar surface area (TPSA) is 56.1 Å². The standard InChI is InChI=1S/C11H12BrN3O/c1-15(2)7-11(16)14-10-4-3-8(6-13)5-9(10)12/h3-5H,7H2,1-2H3,(H,14,16). The van der Waals surface area contributed by atoms with Gasteiger partial charge in [-0.2, -0.15) is 5.26 Å². The number of nitrogens with zero attached hydrogens (tertiary/aromatic N) is 2. The Morgan fingerprint density at radius 3 is 2.75 bits per heavy atom. The number of likely N-dealkylation sites (N-methyl/N-ethyl adjacent to an activating group) is 1. The first-order valence-electron chi connectivity index (χ1n) is 4.67. The van der Waals surface area contributed by atoms with Gasteiger partial charge in [-0.25, -0.2) is 0 Å². The normalized spacial score (nSPS) is 9.94. The highest BCUT2D eigenvalue weighted by Crippen LogP contribution is 2.23. The van der Waals surface area contributed by atoms with Crippen LogP contribution in [0.4, 0.5) is 5.69 Å². The van der Waals surface area contributed by atoms with Gasteiger partial charge in [-0.05, 0) is 48.2 Å². The molecule has 5 heteroatoms. The number of rotatable bonds is 3. The van der Waals surface area contributed by atoms with Gasteiger partial charge in [0.25, 0.3) is 0 Å². The van der Waals surface area contributed by atoms with Gasteiger partial charge in [0, 0.05) is 4.47 Å². The molecular weight excluding hydrogens is 270 g/mol. The molecule has 1 aromatic carbocycles. The fourth-order valence-corrected chi connectivity index (χ4v) is 1.64. The van der Waals surface area contributed by atoms with E-state index in [1.54, 1.807) is 23.1 Å². The monoisotopic (exact) mass is 281 g/mol. The molecule has 0 saturated carbocycles. The van der Waals surface area contributed by atoms with E-state index in [0.29, 0.717) is 22.3 Å². The van der Waals surface area contributed by atoms with Crippen molar-refractivity contribution in [2.75, 3.05) is 26.0 Å². The smallest absolute Gasteiger partial charge is 0.238 e. The molecule has 16 heavy (non-hydrogen) atoms. The van der Waals surface area contributed by atoms with Crippen LogP contribution in [-0.4, -0.2) is 31.4 Å². The average Bonchev–Trinajstić information content (AvgIpc) is 2.19. The maximum absolute atomic E-state index is 11.5. The summed E-state index contributed by atoms with van der Waals surface area (Å²) in [5, 5.41) is 11.4. The number of amides is 1. The summed E-state index contributed by atoms with van der Waals surface area (Å²) in [4.78, 5) is 13.3. The van der Waals surface area contributed by atoms with Gasteiger partial charge in [0.05, 0.1) is 23.9 Å². The minimum atomic E-state index is -0.0876. The summed E-state index contributed by atoms with van der Waals surface area (Å²) in [7, 11) is 3.65.